The molecule has 0 bridgehead atoms. The topological polar surface area (TPSA) is 24.1 Å². The van der Waals surface area contributed by atoms with Gasteiger partial charge in [-0.1, -0.05) is 15.9 Å². The van der Waals surface area contributed by atoms with Crippen LogP contribution < -0.4 is 10.0 Å². The predicted octanol–water partition coefficient (Wildman–Crippen LogP) is 2.80. The molecular weight excluding hydrogens is 272 g/mol. The first-order valence-corrected chi connectivity index (χ1v) is 6.84. The Morgan fingerprint density at radius 1 is 1.20 bits per heavy atom. The van der Waals surface area contributed by atoms with Crippen molar-refractivity contribution < 1.29 is 0 Å². The molecule has 1 aliphatic rings. The van der Waals surface area contributed by atoms with Gasteiger partial charge in [0.25, 0.3) is 0 Å². The Balaban J connectivity index is 1.79. The third-order valence-corrected chi connectivity index (χ3v) is 3.98. The van der Waals surface area contributed by atoms with Gasteiger partial charge < -0.3 is 5.32 Å². The van der Waals surface area contributed by atoms with E-state index in [-0.39, 0.29) is 0 Å². The Labute approximate surface area is 103 Å². The molecule has 0 aromatic heterocycles. The van der Waals surface area contributed by atoms with Crippen molar-refractivity contribution in [3.05, 3.63) is 28.7 Å². The minimum atomic E-state index is 0.653. The van der Waals surface area contributed by atoms with Crippen LogP contribution in [-0.4, -0.2) is 19.1 Å². The fourth-order valence-corrected chi connectivity index (χ4v) is 2.67. The van der Waals surface area contributed by atoms with Gasteiger partial charge in [0.2, 0.25) is 0 Å². The first kappa shape index (κ1) is 11.5. The number of halogens is 1. The van der Waals surface area contributed by atoms with Gasteiger partial charge in [0.15, 0.2) is 0 Å². The molecule has 1 aromatic carbocycles. The third kappa shape index (κ3) is 3.79. The second-order valence-electron chi connectivity index (χ2n) is 3.70. The van der Waals surface area contributed by atoms with Crippen LogP contribution >= 0.6 is 27.9 Å². The Morgan fingerprint density at radius 3 is 2.53 bits per heavy atom. The van der Waals surface area contributed by atoms with Gasteiger partial charge in [-0.15, -0.1) is 0 Å². The molecule has 0 amide bonds. The zero-order chi connectivity index (χ0) is 10.5. The lowest BCUT2D eigenvalue weighted by Crippen LogP contribution is -2.37. The van der Waals surface area contributed by atoms with E-state index in [1.165, 1.54) is 17.7 Å². The molecule has 1 heterocycles. The molecule has 0 unspecified atom stereocenters. The second kappa shape index (κ2) is 5.89. The van der Waals surface area contributed by atoms with E-state index in [2.05, 4.69) is 50.2 Å². The zero-order valence-electron chi connectivity index (χ0n) is 8.50. The molecule has 82 valence electrons. The van der Waals surface area contributed by atoms with E-state index in [0.29, 0.717) is 6.04 Å². The van der Waals surface area contributed by atoms with Gasteiger partial charge in [0.05, 0.1) is 0 Å². The molecule has 0 spiro atoms. The number of hydrogen-bond acceptors (Lipinski definition) is 3. The number of benzene rings is 1. The van der Waals surface area contributed by atoms with Crippen LogP contribution in [0, 0.1) is 0 Å². The first-order chi connectivity index (χ1) is 7.34. The third-order valence-electron chi connectivity index (χ3n) is 2.50. The highest BCUT2D eigenvalue weighted by atomic mass is 79.9. The van der Waals surface area contributed by atoms with Crippen molar-refractivity contribution in [1.82, 2.24) is 10.0 Å². The largest absolute Gasteiger partial charge is 0.317 e. The van der Waals surface area contributed by atoms with Gasteiger partial charge in [-0.3, -0.25) is 4.72 Å². The maximum absolute atomic E-state index is 3.52. The summed E-state index contributed by atoms with van der Waals surface area (Å²) >= 11 is 5.17. The van der Waals surface area contributed by atoms with Crippen molar-refractivity contribution in [3.8, 4) is 0 Å². The molecule has 0 aliphatic carbocycles. The molecule has 1 aliphatic heterocycles. The highest BCUT2D eigenvalue weighted by molar-refractivity contribution is 9.10. The summed E-state index contributed by atoms with van der Waals surface area (Å²) in [6, 6.07) is 9.06. The standard InChI is InChI=1S/C11H15BrN2S/c12-9-1-3-11(4-2-9)15-14-10-5-7-13-8-6-10/h1-4,10,13-14H,5-8H2. The summed E-state index contributed by atoms with van der Waals surface area (Å²) in [7, 11) is 0. The van der Waals surface area contributed by atoms with E-state index in [9.17, 15) is 0 Å². The van der Waals surface area contributed by atoms with Crippen LogP contribution in [0.25, 0.3) is 0 Å². The normalized spacial score (nSPS) is 17.9. The number of piperidine rings is 1. The average molecular weight is 287 g/mol. The van der Waals surface area contributed by atoms with Gasteiger partial charge in [-0.25, -0.2) is 0 Å². The molecule has 2 nitrogen and oxygen atoms in total. The first-order valence-electron chi connectivity index (χ1n) is 5.23. The lowest BCUT2D eigenvalue weighted by molar-refractivity contribution is 0.439. The van der Waals surface area contributed by atoms with Gasteiger partial charge in [-0.05, 0) is 62.1 Å². The summed E-state index contributed by atoms with van der Waals surface area (Å²) < 4.78 is 4.65. The van der Waals surface area contributed by atoms with Crippen LogP contribution in [0.2, 0.25) is 0 Å². The van der Waals surface area contributed by atoms with Crippen molar-refractivity contribution in [2.75, 3.05) is 13.1 Å². The summed E-state index contributed by atoms with van der Waals surface area (Å²) in [6.45, 7) is 2.27. The second-order valence-corrected chi connectivity index (χ2v) is 5.53. The number of rotatable bonds is 3. The van der Waals surface area contributed by atoms with Crippen molar-refractivity contribution in [3.63, 3.8) is 0 Å². The molecule has 2 N–H and O–H groups in total. The Hall–Kier alpha value is -0.0300. The molecule has 2 rings (SSSR count). The Bertz CT molecular complexity index is 296. The Morgan fingerprint density at radius 2 is 1.87 bits per heavy atom. The molecule has 1 aromatic rings. The van der Waals surface area contributed by atoms with Gasteiger partial charge in [-0.2, -0.15) is 0 Å². The molecular formula is C11H15BrN2S. The highest BCUT2D eigenvalue weighted by Crippen LogP contribution is 2.19. The maximum atomic E-state index is 3.52. The lowest BCUT2D eigenvalue weighted by Gasteiger charge is -2.23. The SMILES string of the molecule is Brc1ccc(SNC2CCNCC2)cc1. The quantitative estimate of drug-likeness (QED) is 0.836. The minimum absolute atomic E-state index is 0.653. The van der Waals surface area contributed by atoms with E-state index < -0.39 is 0 Å². The predicted molar refractivity (Wildman–Crippen MR) is 69.0 cm³/mol. The van der Waals surface area contributed by atoms with E-state index >= 15 is 0 Å². The zero-order valence-corrected chi connectivity index (χ0v) is 10.9. The van der Waals surface area contributed by atoms with Crippen LogP contribution in [0.1, 0.15) is 12.8 Å². The van der Waals surface area contributed by atoms with Gasteiger partial charge >= 0.3 is 0 Å². The van der Waals surface area contributed by atoms with E-state index in [1.807, 2.05) is 0 Å². The average Bonchev–Trinajstić information content (AvgIpc) is 2.30. The van der Waals surface area contributed by atoms with Crippen LogP contribution in [0.3, 0.4) is 0 Å². The lowest BCUT2D eigenvalue weighted by atomic mass is 10.1. The van der Waals surface area contributed by atoms with Crippen LogP contribution in [-0.2, 0) is 0 Å². The van der Waals surface area contributed by atoms with Crippen LogP contribution in [0.15, 0.2) is 33.6 Å². The number of hydrogen-bond donors (Lipinski definition) is 2. The van der Waals surface area contributed by atoms with E-state index in [0.717, 1.165) is 17.6 Å². The van der Waals surface area contributed by atoms with Crippen molar-refractivity contribution in [2.45, 2.75) is 23.8 Å². The van der Waals surface area contributed by atoms with Gasteiger partial charge in [0, 0.05) is 15.4 Å². The molecule has 15 heavy (non-hydrogen) atoms. The summed E-state index contributed by atoms with van der Waals surface area (Å²) in [5.41, 5.74) is 0. The maximum Gasteiger partial charge on any atom is 0.0228 e. The van der Waals surface area contributed by atoms with Crippen LogP contribution in [0.4, 0.5) is 0 Å². The molecule has 4 heteroatoms. The monoisotopic (exact) mass is 286 g/mol. The van der Waals surface area contributed by atoms with Crippen molar-refractivity contribution >= 4 is 27.9 Å². The molecule has 1 fully saturated rings. The highest BCUT2D eigenvalue weighted by Gasteiger charge is 2.12. The summed E-state index contributed by atoms with van der Waals surface area (Å²) in [6.07, 6.45) is 2.45. The van der Waals surface area contributed by atoms with E-state index in [4.69, 9.17) is 0 Å². The fraction of sp³-hybridized carbons (Fsp3) is 0.455. The molecule has 0 radical (unpaired) electrons. The van der Waals surface area contributed by atoms with E-state index in [1.54, 1.807) is 11.9 Å². The van der Waals surface area contributed by atoms with Crippen molar-refractivity contribution in [2.24, 2.45) is 0 Å². The fourth-order valence-electron chi connectivity index (χ4n) is 1.59. The summed E-state index contributed by atoms with van der Waals surface area (Å²) in [5.74, 6) is 0. The smallest absolute Gasteiger partial charge is 0.0228 e. The van der Waals surface area contributed by atoms with Gasteiger partial charge in [0.1, 0.15) is 0 Å². The summed E-state index contributed by atoms with van der Waals surface area (Å²) in [4.78, 5) is 1.27. The molecule has 1 saturated heterocycles. The molecule has 0 saturated carbocycles. The van der Waals surface area contributed by atoms with Crippen LogP contribution in [0.5, 0.6) is 0 Å². The molecule has 0 atom stereocenters. The Kier molecular flexibility index (Phi) is 4.50. The minimum Gasteiger partial charge on any atom is -0.317 e. The summed E-state index contributed by atoms with van der Waals surface area (Å²) in [5, 5.41) is 3.36. The number of nitrogens with one attached hydrogen (secondary N) is 2. The van der Waals surface area contributed by atoms with Crippen molar-refractivity contribution in [1.29, 1.82) is 0 Å².